The zero-order valence-electron chi connectivity index (χ0n) is 14.7. The molecule has 138 valence electrons. The van der Waals surface area contributed by atoms with Crippen LogP contribution in [0.5, 0.6) is 23.0 Å². The summed E-state index contributed by atoms with van der Waals surface area (Å²) in [6.45, 7) is 0.533. The summed E-state index contributed by atoms with van der Waals surface area (Å²) in [7, 11) is 3.02. The number of hydrogen-bond donors (Lipinski definition) is 3. The zero-order chi connectivity index (χ0) is 18.4. The van der Waals surface area contributed by atoms with Crippen molar-refractivity contribution in [2.24, 2.45) is 11.8 Å². The normalized spacial score (nSPS) is 26.4. The second-order valence-electron chi connectivity index (χ2n) is 6.83. The molecule has 0 unspecified atom stereocenters. The molecule has 2 aromatic carbocycles. The lowest BCUT2D eigenvalue weighted by atomic mass is 9.67. The van der Waals surface area contributed by atoms with Gasteiger partial charge in [0.2, 0.25) is 0 Å². The predicted molar refractivity (Wildman–Crippen MR) is 93.9 cm³/mol. The number of phenolic OH excluding ortho intramolecular Hbond substituents is 2. The van der Waals surface area contributed by atoms with Crippen molar-refractivity contribution >= 4 is 0 Å². The van der Waals surface area contributed by atoms with Crippen molar-refractivity contribution in [3.05, 3.63) is 47.0 Å². The summed E-state index contributed by atoms with van der Waals surface area (Å²) >= 11 is 0. The number of fused-ring (bicyclic) bond motifs is 4. The highest BCUT2D eigenvalue weighted by Crippen LogP contribution is 2.56. The van der Waals surface area contributed by atoms with E-state index in [1.165, 1.54) is 14.2 Å². The number of rotatable bonds is 4. The standard InChI is InChI=1S/C20H22O6/c1-24-17-5-10(3-4-15(17)22)19-11-6-16(23)18(25-2)7-12(11)20-13(8-21)14(19)9-26-20/h3-7,13-14,19-23H,8-9H2,1-2H3/t13-,14+,19+,20+/m1/s1. The predicted octanol–water partition coefficient (Wildman–Crippen LogP) is 2.56. The van der Waals surface area contributed by atoms with Crippen molar-refractivity contribution < 1.29 is 29.5 Å². The average Bonchev–Trinajstić information content (AvgIpc) is 2.99. The quantitative estimate of drug-likeness (QED) is 0.778. The molecule has 2 aliphatic rings. The molecule has 1 fully saturated rings. The van der Waals surface area contributed by atoms with Crippen LogP contribution >= 0.6 is 0 Å². The molecule has 6 nitrogen and oxygen atoms in total. The Labute approximate surface area is 151 Å². The average molecular weight is 358 g/mol. The summed E-state index contributed by atoms with van der Waals surface area (Å²) in [5, 5.41) is 30.2. The fourth-order valence-electron chi connectivity index (χ4n) is 4.41. The van der Waals surface area contributed by atoms with E-state index in [0.717, 1.165) is 16.7 Å². The molecule has 1 aliphatic heterocycles. The van der Waals surface area contributed by atoms with E-state index < -0.39 is 0 Å². The van der Waals surface area contributed by atoms with Gasteiger partial charge in [0.1, 0.15) is 0 Å². The molecule has 0 spiro atoms. The van der Waals surface area contributed by atoms with Crippen molar-refractivity contribution in [2.75, 3.05) is 27.4 Å². The van der Waals surface area contributed by atoms with Crippen LogP contribution in [0.25, 0.3) is 0 Å². The number of benzene rings is 2. The molecule has 2 aromatic rings. The van der Waals surface area contributed by atoms with Gasteiger partial charge in [0.05, 0.1) is 26.9 Å². The van der Waals surface area contributed by atoms with Crippen molar-refractivity contribution in [2.45, 2.75) is 12.0 Å². The number of aliphatic hydroxyl groups is 1. The minimum atomic E-state index is -0.218. The van der Waals surface area contributed by atoms with E-state index in [1.807, 2.05) is 6.07 Å². The molecule has 1 aliphatic carbocycles. The van der Waals surface area contributed by atoms with Gasteiger partial charge in [0, 0.05) is 24.4 Å². The number of ether oxygens (including phenoxy) is 3. The largest absolute Gasteiger partial charge is 0.504 e. The van der Waals surface area contributed by atoms with E-state index in [-0.39, 0.29) is 42.0 Å². The van der Waals surface area contributed by atoms with Gasteiger partial charge in [-0.3, -0.25) is 0 Å². The second kappa shape index (κ2) is 6.37. The fourth-order valence-corrected chi connectivity index (χ4v) is 4.41. The maximum absolute atomic E-state index is 10.3. The zero-order valence-corrected chi connectivity index (χ0v) is 14.7. The first-order valence-electron chi connectivity index (χ1n) is 8.59. The van der Waals surface area contributed by atoms with E-state index in [1.54, 1.807) is 24.3 Å². The Morgan fingerprint density at radius 3 is 2.42 bits per heavy atom. The molecule has 2 bridgehead atoms. The highest BCUT2D eigenvalue weighted by molar-refractivity contribution is 5.55. The Morgan fingerprint density at radius 2 is 1.73 bits per heavy atom. The third-order valence-electron chi connectivity index (χ3n) is 5.64. The monoisotopic (exact) mass is 358 g/mol. The van der Waals surface area contributed by atoms with E-state index >= 15 is 0 Å². The van der Waals surface area contributed by atoms with Gasteiger partial charge < -0.3 is 29.5 Å². The van der Waals surface area contributed by atoms with Crippen LogP contribution in [-0.2, 0) is 4.74 Å². The van der Waals surface area contributed by atoms with Gasteiger partial charge in [-0.05, 0) is 41.0 Å². The van der Waals surface area contributed by atoms with Gasteiger partial charge in [-0.1, -0.05) is 6.07 Å². The molecule has 4 atom stereocenters. The molecular formula is C20H22O6. The van der Waals surface area contributed by atoms with Crippen molar-refractivity contribution in [1.29, 1.82) is 0 Å². The van der Waals surface area contributed by atoms with Crippen LogP contribution in [0.3, 0.4) is 0 Å². The Morgan fingerprint density at radius 1 is 1.00 bits per heavy atom. The summed E-state index contributed by atoms with van der Waals surface area (Å²) in [6.07, 6.45) is -0.218. The Balaban J connectivity index is 1.91. The first-order chi connectivity index (χ1) is 12.6. The van der Waals surface area contributed by atoms with E-state index in [2.05, 4.69) is 0 Å². The number of aliphatic hydroxyl groups excluding tert-OH is 1. The minimum Gasteiger partial charge on any atom is -0.504 e. The maximum Gasteiger partial charge on any atom is 0.160 e. The Bertz CT molecular complexity index is 833. The van der Waals surface area contributed by atoms with Crippen LogP contribution in [-0.4, -0.2) is 42.8 Å². The van der Waals surface area contributed by atoms with Crippen LogP contribution < -0.4 is 9.47 Å². The van der Waals surface area contributed by atoms with Gasteiger partial charge in [-0.15, -0.1) is 0 Å². The number of hydrogen-bond acceptors (Lipinski definition) is 6. The van der Waals surface area contributed by atoms with Crippen molar-refractivity contribution in [3.63, 3.8) is 0 Å². The summed E-state index contributed by atoms with van der Waals surface area (Å²) in [5.41, 5.74) is 2.82. The molecule has 4 rings (SSSR count). The van der Waals surface area contributed by atoms with Crippen molar-refractivity contribution in [3.8, 4) is 23.0 Å². The molecule has 3 N–H and O–H groups in total. The summed E-state index contributed by atoms with van der Waals surface area (Å²) in [5.74, 6) is 0.862. The van der Waals surface area contributed by atoms with Crippen LogP contribution in [0.2, 0.25) is 0 Å². The fraction of sp³-hybridized carbons (Fsp3) is 0.400. The van der Waals surface area contributed by atoms with Gasteiger partial charge in [0.25, 0.3) is 0 Å². The molecule has 1 heterocycles. The maximum atomic E-state index is 10.3. The first-order valence-corrected chi connectivity index (χ1v) is 8.59. The van der Waals surface area contributed by atoms with Crippen LogP contribution in [0.15, 0.2) is 30.3 Å². The van der Waals surface area contributed by atoms with Gasteiger partial charge in [0.15, 0.2) is 23.0 Å². The summed E-state index contributed by atoms with van der Waals surface area (Å²) in [4.78, 5) is 0. The Hall–Kier alpha value is -2.44. The third-order valence-corrected chi connectivity index (χ3v) is 5.64. The molecule has 0 amide bonds. The highest BCUT2D eigenvalue weighted by atomic mass is 16.5. The van der Waals surface area contributed by atoms with E-state index in [0.29, 0.717) is 18.1 Å². The SMILES string of the molecule is COc1cc([C@H]2c3cc(O)c(OC)cc3[C@@H]3OC[C@H]2[C@H]3CO)ccc1O. The summed E-state index contributed by atoms with van der Waals surface area (Å²) in [6, 6.07) is 8.77. The van der Waals surface area contributed by atoms with E-state index in [4.69, 9.17) is 14.2 Å². The lowest BCUT2D eigenvalue weighted by molar-refractivity contribution is 0.0693. The number of methoxy groups -OCH3 is 2. The highest BCUT2D eigenvalue weighted by Gasteiger charge is 2.49. The van der Waals surface area contributed by atoms with Gasteiger partial charge >= 0.3 is 0 Å². The van der Waals surface area contributed by atoms with E-state index in [9.17, 15) is 15.3 Å². The number of aromatic hydroxyl groups is 2. The molecular weight excluding hydrogens is 336 g/mol. The van der Waals surface area contributed by atoms with Crippen LogP contribution in [0.4, 0.5) is 0 Å². The molecule has 0 aromatic heterocycles. The van der Waals surface area contributed by atoms with Crippen molar-refractivity contribution in [1.82, 2.24) is 0 Å². The third kappa shape index (κ3) is 2.40. The Kier molecular flexibility index (Phi) is 4.17. The smallest absolute Gasteiger partial charge is 0.160 e. The second-order valence-corrected chi connectivity index (χ2v) is 6.83. The molecule has 0 saturated carbocycles. The number of phenols is 2. The van der Waals surface area contributed by atoms with Gasteiger partial charge in [-0.2, -0.15) is 0 Å². The van der Waals surface area contributed by atoms with Crippen LogP contribution in [0.1, 0.15) is 28.7 Å². The lowest BCUT2D eigenvalue weighted by Crippen LogP contribution is -2.31. The lowest BCUT2D eigenvalue weighted by Gasteiger charge is -2.36. The van der Waals surface area contributed by atoms with Gasteiger partial charge in [-0.25, -0.2) is 0 Å². The minimum absolute atomic E-state index is 0.0175. The molecule has 1 saturated heterocycles. The molecule has 6 heteroatoms. The summed E-state index contributed by atoms with van der Waals surface area (Å²) < 4.78 is 16.5. The van der Waals surface area contributed by atoms with Crippen LogP contribution in [0, 0.1) is 11.8 Å². The topological polar surface area (TPSA) is 88.4 Å². The first kappa shape index (κ1) is 17.0. The molecule has 26 heavy (non-hydrogen) atoms. The molecule has 0 radical (unpaired) electrons.